The Morgan fingerprint density at radius 2 is 1.75 bits per heavy atom. The molecule has 0 bridgehead atoms. The number of likely N-dealkylation sites (tertiary alicyclic amines) is 1. The molecule has 0 radical (unpaired) electrons. The fourth-order valence-electron chi connectivity index (χ4n) is 3.35. The van der Waals surface area contributed by atoms with Crippen molar-refractivity contribution in [2.24, 2.45) is 0 Å². The average Bonchev–Trinajstić information content (AvgIpc) is 3.05. The smallest absolute Gasteiger partial charge is 0.200 e. The van der Waals surface area contributed by atoms with Crippen LogP contribution in [0.3, 0.4) is 0 Å². The fraction of sp³-hybridized carbons (Fsp3) is 0.368. The van der Waals surface area contributed by atoms with E-state index in [1.807, 2.05) is 24.3 Å². The van der Waals surface area contributed by atoms with E-state index in [9.17, 15) is 5.11 Å². The number of phenols is 1. The third-order valence-corrected chi connectivity index (χ3v) is 4.80. The highest BCUT2D eigenvalue weighted by molar-refractivity contribution is 6.30. The number of halogens is 1. The number of nitrogens with zero attached hydrogens (tertiary/aromatic N) is 1. The van der Waals surface area contributed by atoms with Crippen LogP contribution >= 0.6 is 11.6 Å². The number of benzene rings is 2. The van der Waals surface area contributed by atoms with Crippen LogP contribution in [-0.4, -0.2) is 30.8 Å². The molecule has 2 aromatic carbocycles. The van der Waals surface area contributed by atoms with Crippen LogP contribution in [0.25, 0.3) is 0 Å². The van der Waals surface area contributed by atoms with Gasteiger partial charge in [-0.2, -0.15) is 0 Å². The number of rotatable bonds is 5. The van der Waals surface area contributed by atoms with Gasteiger partial charge < -0.3 is 14.6 Å². The lowest BCUT2D eigenvalue weighted by molar-refractivity contribution is 0.247. The Morgan fingerprint density at radius 1 is 1.12 bits per heavy atom. The van der Waals surface area contributed by atoms with Gasteiger partial charge in [0.15, 0.2) is 11.5 Å². The molecule has 0 spiro atoms. The maximum Gasteiger partial charge on any atom is 0.200 e. The van der Waals surface area contributed by atoms with E-state index in [1.165, 1.54) is 12.0 Å². The Balaban J connectivity index is 1.83. The number of ether oxygens (including phenoxy) is 2. The van der Waals surface area contributed by atoms with Gasteiger partial charge in [0.1, 0.15) is 0 Å². The molecule has 1 heterocycles. The van der Waals surface area contributed by atoms with Gasteiger partial charge in [0.05, 0.1) is 14.2 Å². The predicted octanol–water partition coefficient (Wildman–Crippen LogP) is 4.40. The lowest BCUT2D eigenvalue weighted by Crippen LogP contribution is -2.22. The van der Waals surface area contributed by atoms with Gasteiger partial charge in [0.25, 0.3) is 0 Å². The standard InChI is InChI=1S/C19H22ClNO3/c1-23-17-10-13(11-18(24-2)19(17)22)12-21-9-3-4-16(21)14-5-7-15(20)8-6-14/h5-8,10-11,16,22H,3-4,9,12H2,1-2H3. The zero-order valence-electron chi connectivity index (χ0n) is 14.0. The normalized spacial score (nSPS) is 17.9. The Bertz CT molecular complexity index is 677. The van der Waals surface area contributed by atoms with E-state index in [-0.39, 0.29) is 5.75 Å². The van der Waals surface area contributed by atoms with Gasteiger partial charge in [-0.15, -0.1) is 0 Å². The molecule has 1 unspecified atom stereocenters. The lowest BCUT2D eigenvalue weighted by atomic mass is 10.0. The number of phenolic OH excluding ortho intramolecular Hbond substituents is 1. The van der Waals surface area contributed by atoms with Gasteiger partial charge in [-0.3, -0.25) is 4.90 Å². The highest BCUT2D eigenvalue weighted by Crippen LogP contribution is 2.39. The zero-order chi connectivity index (χ0) is 17.1. The fourth-order valence-corrected chi connectivity index (χ4v) is 3.48. The van der Waals surface area contributed by atoms with Gasteiger partial charge in [0, 0.05) is 17.6 Å². The topological polar surface area (TPSA) is 41.9 Å². The molecule has 3 rings (SSSR count). The Morgan fingerprint density at radius 3 is 2.33 bits per heavy atom. The van der Waals surface area contributed by atoms with Crippen molar-refractivity contribution in [3.8, 4) is 17.2 Å². The summed E-state index contributed by atoms with van der Waals surface area (Å²) in [5.41, 5.74) is 2.34. The average molecular weight is 348 g/mol. The molecule has 0 aromatic heterocycles. The van der Waals surface area contributed by atoms with Crippen molar-refractivity contribution in [3.63, 3.8) is 0 Å². The van der Waals surface area contributed by atoms with Crippen molar-refractivity contribution >= 4 is 11.6 Å². The second-order valence-corrected chi connectivity index (χ2v) is 6.47. The molecule has 1 aliphatic heterocycles. The second kappa shape index (κ2) is 7.32. The van der Waals surface area contributed by atoms with E-state index in [0.29, 0.717) is 17.5 Å². The van der Waals surface area contributed by atoms with Crippen LogP contribution in [-0.2, 0) is 6.54 Å². The van der Waals surface area contributed by atoms with Gasteiger partial charge in [0.2, 0.25) is 5.75 Å². The van der Waals surface area contributed by atoms with E-state index in [4.69, 9.17) is 21.1 Å². The summed E-state index contributed by atoms with van der Waals surface area (Å²) < 4.78 is 10.5. The summed E-state index contributed by atoms with van der Waals surface area (Å²) in [6.45, 7) is 1.82. The summed E-state index contributed by atoms with van der Waals surface area (Å²) >= 11 is 6.00. The third-order valence-electron chi connectivity index (χ3n) is 4.54. The first-order valence-corrected chi connectivity index (χ1v) is 8.43. The predicted molar refractivity (Wildman–Crippen MR) is 95.0 cm³/mol. The van der Waals surface area contributed by atoms with Crippen LogP contribution in [0.5, 0.6) is 17.2 Å². The molecule has 0 saturated carbocycles. The molecule has 1 N–H and O–H groups in total. The minimum absolute atomic E-state index is 0.0411. The molecule has 0 amide bonds. The summed E-state index contributed by atoms with van der Waals surface area (Å²) in [7, 11) is 3.09. The first-order valence-electron chi connectivity index (χ1n) is 8.05. The molecule has 1 aliphatic rings. The van der Waals surface area contributed by atoms with Gasteiger partial charge in [-0.25, -0.2) is 0 Å². The summed E-state index contributed by atoms with van der Waals surface area (Å²) in [6, 6.07) is 12.2. The highest BCUT2D eigenvalue weighted by atomic mass is 35.5. The Kier molecular flexibility index (Phi) is 5.17. The Labute approximate surface area is 147 Å². The van der Waals surface area contributed by atoms with Crippen LogP contribution in [0, 0.1) is 0 Å². The zero-order valence-corrected chi connectivity index (χ0v) is 14.7. The van der Waals surface area contributed by atoms with Crippen molar-refractivity contribution < 1.29 is 14.6 Å². The lowest BCUT2D eigenvalue weighted by Gasteiger charge is -2.25. The summed E-state index contributed by atoms with van der Waals surface area (Å²) in [6.07, 6.45) is 2.30. The van der Waals surface area contributed by atoms with Crippen molar-refractivity contribution in [1.29, 1.82) is 0 Å². The largest absolute Gasteiger partial charge is 0.502 e. The van der Waals surface area contributed by atoms with Crippen molar-refractivity contribution in [2.45, 2.75) is 25.4 Å². The van der Waals surface area contributed by atoms with E-state index >= 15 is 0 Å². The maximum absolute atomic E-state index is 10.1. The van der Waals surface area contributed by atoms with E-state index in [2.05, 4.69) is 17.0 Å². The minimum atomic E-state index is 0.0411. The number of hydrogen-bond donors (Lipinski definition) is 1. The quantitative estimate of drug-likeness (QED) is 0.870. The molecule has 1 saturated heterocycles. The van der Waals surface area contributed by atoms with Crippen LogP contribution in [0.1, 0.15) is 30.0 Å². The summed E-state index contributed by atoms with van der Waals surface area (Å²) in [5.74, 6) is 0.914. The van der Waals surface area contributed by atoms with Gasteiger partial charge in [-0.05, 0) is 54.8 Å². The van der Waals surface area contributed by atoms with Crippen LogP contribution < -0.4 is 9.47 Å². The molecular weight excluding hydrogens is 326 g/mol. The second-order valence-electron chi connectivity index (χ2n) is 6.03. The molecular formula is C19H22ClNO3. The van der Waals surface area contributed by atoms with E-state index < -0.39 is 0 Å². The molecule has 24 heavy (non-hydrogen) atoms. The molecule has 4 nitrogen and oxygen atoms in total. The molecule has 128 valence electrons. The molecule has 2 aromatic rings. The molecule has 0 aliphatic carbocycles. The first kappa shape index (κ1) is 16.9. The van der Waals surface area contributed by atoms with Crippen LogP contribution in [0.15, 0.2) is 36.4 Å². The SMILES string of the molecule is COc1cc(CN2CCCC2c2ccc(Cl)cc2)cc(OC)c1O. The molecule has 5 heteroatoms. The van der Waals surface area contributed by atoms with Gasteiger partial charge >= 0.3 is 0 Å². The summed E-state index contributed by atoms with van der Waals surface area (Å²) in [5, 5.41) is 10.8. The number of aromatic hydroxyl groups is 1. The Hall–Kier alpha value is -1.91. The number of hydrogen-bond acceptors (Lipinski definition) is 4. The van der Waals surface area contributed by atoms with E-state index in [0.717, 1.165) is 30.1 Å². The van der Waals surface area contributed by atoms with Crippen LogP contribution in [0.2, 0.25) is 5.02 Å². The van der Waals surface area contributed by atoms with Crippen molar-refractivity contribution in [1.82, 2.24) is 4.90 Å². The van der Waals surface area contributed by atoms with Crippen molar-refractivity contribution in [2.75, 3.05) is 20.8 Å². The maximum atomic E-state index is 10.1. The minimum Gasteiger partial charge on any atom is -0.502 e. The molecule has 1 fully saturated rings. The molecule has 1 atom stereocenters. The van der Waals surface area contributed by atoms with E-state index in [1.54, 1.807) is 14.2 Å². The van der Waals surface area contributed by atoms with Gasteiger partial charge in [-0.1, -0.05) is 23.7 Å². The van der Waals surface area contributed by atoms with Crippen molar-refractivity contribution in [3.05, 3.63) is 52.5 Å². The van der Waals surface area contributed by atoms with Crippen LogP contribution in [0.4, 0.5) is 0 Å². The monoisotopic (exact) mass is 347 g/mol. The number of methoxy groups -OCH3 is 2. The first-order chi connectivity index (χ1) is 11.6. The highest BCUT2D eigenvalue weighted by Gasteiger charge is 2.26. The summed E-state index contributed by atoms with van der Waals surface area (Å²) in [4.78, 5) is 2.44. The third kappa shape index (κ3) is 3.45.